The van der Waals surface area contributed by atoms with Crippen LogP contribution >= 0.6 is 0 Å². The molecular formula is C16H17N. The first kappa shape index (κ1) is 11.6. The van der Waals surface area contributed by atoms with Gasteiger partial charge in [-0.15, -0.1) is 0 Å². The van der Waals surface area contributed by atoms with Crippen LogP contribution in [0.1, 0.15) is 25.1 Å². The Balaban J connectivity index is 2.57. The van der Waals surface area contributed by atoms with Crippen LogP contribution in [0.4, 0.5) is 0 Å². The number of hydrogen-bond acceptors (Lipinski definition) is 1. The summed E-state index contributed by atoms with van der Waals surface area (Å²) in [4.78, 5) is 4.69. The van der Waals surface area contributed by atoms with Gasteiger partial charge in [-0.05, 0) is 44.0 Å². The van der Waals surface area contributed by atoms with Gasteiger partial charge in [0.25, 0.3) is 0 Å². The van der Waals surface area contributed by atoms with Crippen molar-refractivity contribution >= 4 is 16.5 Å². The van der Waals surface area contributed by atoms with Crippen molar-refractivity contribution in [2.24, 2.45) is 0 Å². The topological polar surface area (TPSA) is 12.9 Å². The zero-order valence-corrected chi connectivity index (χ0v) is 10.6. The van der Waals surface area contributed by atoms with Gasteiger partial charge in [-0.1, -0.05) is 36.4 Å². The molecule has 0 bridgehead atoms. The number of rotatable bonds is 2. The fourth-order valence-corrected chi connectivity index (χ4v) is 1.88. The molecule has 0 saturated heterocycles. The lowest BCUT2D eigenvalue weighted by atomic mass is 10.1. The number of nitrogens with zero attached hydrogens (tertiary/aromatic N) is 1. The summed E-state index contributed by atoms with van der Waals surface area (Å²) in [5.41, 5.74) is 4.59. The first-order valence-corrected chi connectivity index (χ1v) is 5.88. The van der Waals surface area contributed by atoms with Crippen LogP contribution in [0, 0.1) is 6.92 Å². The summed E-state index contributed by atoms with van der Waals surface area (Å²) >= 11 is 0. The molecule has 2 rings (SSSR count). The fourth-order valence-electron chi connectivity index (χ4n) is 1.88. The van der Waals surface area contributed by atoms with E-state index in [1.165, 1.54) is 16.5 Å². The van der Waals surface area contributed by atoms with E-state index in [0.29, 0.717) is 0 Å². The van der Waals surface area contributed by atoms with Crippen molar-refractivity contribution in [3.63, 3.8) is 0 Å². The Morgan fingerprint density at radius 3 is 2.76 bits per heavy atom. The molecule has 0 fully saturated rings. The SMILES string of the molecule is C/C=C\C=C(/C)c1cc(C)c2ccccc2n1. The summed E-state index contributed by atoms with van der Waals surface area (Å²) in [6.45, 7) is 6.25. The van der Waals surface area contributed by atoms with Crippen molar-refractivity contribution < 1.29 is 0 Å². The van der Waals surface area contributed by atoms with Gasteiger partial charge in [-0.2, -0.15) is 0 Å². The van der Waals surface area contributed by atoms with Crippen molar-refractivity contribution in [2.45, 2.75) is 20.8 Å². The summed E-state index contributed by atoms with van der Waals surface area (Å²) in [5, 5.41) is 1.23. The third-order valence-electron chi connectivity index (χ3n) is 2.87. The number of pyridine rings is 1. The second-order valence-electron chi connectivity index (χ2n) is 4.22. The summed E-state index contributed by atoms with van der Waals surface area (Å²) in [6.07, 6.45) is 6.16. The molecule has 0 N–H and O–H groups in total. The highest BCUT2D eigenvalue weighted by Gasteiger charge is 2.02. The van der Waals surface area contributed by atoms with E-state index in [4.69, 9.17) is 0 Å². The molecule has 1 nitrogen and oxygen atoms in total. The van der Waals surface area contributed by atoms with Gasteiger partial charge in [-0.3, -0.25) is 0 Å². The van der Waals surface area contributed by atoms with E-state index < -0.39 is 0 Å². The molecule has 0 amide bonds. The van der Waals surface area contributed by atoms with Gasteiger partial charge in [0.15, 0.2) is 0 Å². The van der Waals surface area contributed by atoms with Crippen LogP contribution in [-0.2, 0) is 0 Å². The van der Waals surface area contributed by atoms with Crippen molar-refractivity contribution in [1.82, 2.24) is 4.98 Å². The van der Waals surface area contributed by atoms with E-state index in [-0.39, 0.29) is 0 Å². The Morgan fingerprint density at radius 2 is 2.00 bits per heavy atom. The number of aryl methyl sites for hydroxylation is 1. The van der Waals surface area contributed by atoms with Crippen molar-refractivity contribution in [3.8, 4) is 0 Å². The Labute approximate surface area is 103 Å². The quantitative estimate of drug-likeness (QED) is 0.682. The van der Waals surface area contributed by atoms with E-state index in [1.807, 2.05) is 25.1 Å². The predicted octanol–water partition coefficient (Wildman–Crippen LogP) is 4.52. The standard InChI is InChI=1S/C16H17N/c1-4-5-8-12(2)16-11-13(3)14-9-6-7-10-15(14)17-16/h4-11H,1-3H3/b5-4-,12-8+. The highest BCUT2D eigenvalue weighted by Crippen LogP contribution is 2.21. The molecular weight excluding hydrogens is 206 g/mol. The number of aromatic nitrogens is 1. The van der Waals surface area contributed by atoms with Crippen molar-refractivity contribution in [3.05, 3.63) is 59.8 Å². The maximum atomic E-state index is 4.69. The third kappa shape index (κ3) is 2.44. The number of fused-ring (bicyclic) bond motifs is 1. The monoisotopic (exact) mass is 223 g/mol. The molecule has 0 aliphatic heterocycles. The molecule has 0 aliphatic rings. The van der Waals surface area contributed by atoms with Crippen LogP contribution in [0.25, 0.3) is 16.5 Å². The van der Waals surface area contributed by atoms with E-state index in [9.17, 15) is 0 Å². The molecule has 1 heteroatoms. The zero-order chi connectivity index (χ0) is 12.3. The molecule has 86 valence electrons. The maximum absolute atomic E-state index is 4.69. The molecule has 0 saturated carbocycles. The van der Waals surface area contributed by atoms with Gasteiger partial charge in [0.05, 0.1) is 11.2 Å². The number of allylic oxidation sites excluding steroid dienone is 4. The van der Waals surface area contributed by atoms with Gasteiger partial charge >= 0.3 is 0 Å². The van der Waals surface area contributed by atoms with E-state index in [2.05, 4.69) is 49.2 Å². The Bertz CT molecular complexity index is 591. The Kier molecular flexibility index (Phi) is 3.38. The Morgan fingerprint density at radius 1 is 1.24 bits per heavy atom. The van der Waals surface area contributed by atoms with E-state index >= 15 is 0 Å². The van der Waals surface area contributed by atoms with Gasteiger partial charge in [0, 0.05) is 5.39 Å². The lowest BCUT2D eigenvalue weighted by Gasteiger charge is -2.06. The van der Waals surface area contributed by atoms with Gasteiger partial charge in [0.2, 0.25) is 0 Å². The molecule has 1 heterocycles. The molecule has 1 aromatic carbocycles. The minimum atomic E-state index is 1.05. The summed E-state index contributed by atoms with van der Waals surface area (Å²) in [6, 6.07) is 10.4. The lowest BCUT2D eigenvalue weighted by molar-refractivity contribution is 1.30. The Hall–Kier alpha value is -1.89. The summed E-state index contributed by atoms with van der Waals surface area (Å²) in [5.74, 6) is 0. The second-order valence-corrected chi connectivity index (χ2v) is 4.22. The molecule has 0 aliphatic carbocycles. The van der Waals surface area contributed by atoms with Crippen LogP contribution in [0.2, 0.25) is 0 Å². The lowest BCUT2D eigenvalue weighted by Crippen LogP contribution is -1.90. The van der Waals surface area contributed by atoms with Crippen LogP contribution in [-0.4, -0.2) is 4.98 Å². The smallest absolute Gasteiger partial charge is 0.0712 e. The zero-order valence-electron chi connectivity index (χ0n) is 10.6. The van der Waals surface area contributed by atoms with Crippen LogP contribution in [0.15, 0.2) is 48.6 Å². The predicted molar refractivity (Wildman–Crippen MR) is 74.9 cm³/mol. The van der Waals surface area contributed by atoms with Crippen molar-refractivity contribution in [2.75, 3.05) is 0 Å². The van der Waals surface area contributed by atoms with Crippen LogP contribution in [0.5, 0.6) is 0 Å². The molecule has 0 spiro atoms. The van der Waals surface area contributed by atoms with Gasteiger partial charge in [0.1, 0.15) is 0 Å². The second kappa shape index (κ2) is 4.96. The molecule has 0 unspecified atom stereocenters. The number of hydrogen-bond donors (Lipinski definition) is 0. The largest absolute Gasteiger partial charge is 0.248 e. The summed E-state index contributed by atoms with van der Waals surface area (Å²) < 4.78 is 0. The van der Waals surface area contributed by atoms with E-state index in [1.54, 1.807) is 0 Å². The van der Waals surface area contributed by atoms with Crippen LogP contribution < -0.4 is 0 Å². The van der Waals surface area contributed by atoms with Crippen molar-refractivity contribution in [1.29, 1.82) is 0 Å². The minimum Gasteiger partial charge on any atom is -0.248 e. The first-order chi connectivity index (χ1) is 8.22. The summed E-state index contributed by atoms with van der Waals surface area (Å²) in [7, 11) is 0. The van der Waals surface area contributed by atoms with Gasteiger partial charge < -0.3 is 0 Å². The fraction of sp³-hybridized carbons (Fsp3) is 0.188. The normalized spacial score (nSPS) is 12.5. The first-order valence-electron chi connectivity index (χ1n) is 5.88. The molecule has 17 heavy (non-hydrogen) atoms. The molecule has 2 aromatic rings. The average molecular weight is 223 g/mol. The average Bonchev–Trinajstić information content (AvgIpc) is 2.36. The highest BCUT2D eigenvalue weighted by atomic mass is 14.7. The molecule has 0 atom stereocenters. The number of benzene rings is 1. The van der Waals surface area contributed by atoms with E-state index in [0.717, 1.165) is 11.2 Å². The number of para-hydroxylation sites is 1. The third-order valence-corrected chi connectivity index (χ3v) is 2.87. The molecule has 0 radical (unpaired) electrons. The van der Waals surface area contributed by atoms with Crippen LogP contribution in [0.3, 0.4) is 0 Å². The highest BCUT2D eigenvalue weighted by molar-refractivity contribution is 5.84. The van der Waals surface area contributed by atoms with Gasteiger partial charge in [-0.25, -0.2) is 4.98 Å². The maximum Gasteiger partial charge on any atom is 0.0712 e. The molecule has 1 aromatic heterocycles. The minimum absolute atomic E-state index is 1.05.